The number of aromatic nitrogens is 4. The summed E-state index contributed by atoms with van der Waals surface area (Å²) in [4.78, 5) is 20.6. The van der Waals surface area contributed by atoms with Gasteiger partial charge in [0.1, 0.15) is 17.1 Å². The van der Waals surface area contributed by atoms with E-state index >= 15 is 0 Å². The number of aryl methyl sites for hydroxylation is 2. The Morgan fingerprint density at radius 3 is 2.94 bits per heavy atom. The van der Waals surface area contributed by atoms with E-state index in [1.54, 1.807) is 4.72 Å². The Kier molecular flexibility index (Phi) is 5.21. The van der Waals surface area contributed by atoms with Crippen LogP contribution in [0.5, 0.6) is 5.75 Å². The number of benzene rings is 1. The molecule has 36 heavy (non-hydrogen) atoms. The second kappa shape index (κ2) is 11.1. The topological polar surface area (TPSA) is 122 Å². The van der Waals surface area contributed by atoms with Gasteiger partial charge in [-0.2, -0.15) is 5.10 Å². The van der Waals surface area contributed by atoms with Crippen molar-refractivity contribution in [2.75, 3.05) is 26.6 Å². The number of likely N-dealkylation sites (tertiary alicyclic amines) is 1. The molecule has 196 valence electrons. The van der Waals surface area contributed by atoms with E-state index in [1.165, 1.54) is 24.7 Å². The zero-order chi connectivity index (χ0) is 33.8. The number of sulfonamides is 1. The van der Waals surface area contributed by atoms with Gasteiger partial charge in [0, 0.05) is 31.9 Å². The summed E-state index contributed by atoms with van der Waals surface area (Å²) in [6.07, 6.45) is -3.88. The maximum absolute atomic E-state index is 13.6. The molecule has 0 amide bonds. The molecule has 3 heterocycles. The van der Waals surface area contributed by atoms with E-state index in [-0.39, 0.29) is 59.9 Å². The third kappa shape index (κ3) is 5.47. The molecule has 1 aliphatic heterocycles. The van der Waals surface area contributed by atoms with Crippen LogP contribution in [0, 0.1) is 0 Å². The fraction of sp³-hybridized carbons (Fsp3) is 0.560. The first kappa shape index (κ1) is 16.9. The summed E-state index contributed by atoms with van der Waals surface area (Å²) >= 11 is 0. The third-order valence-electron chi connectivity index (χ3n) is 5.76. The molecule has 1 saturated heterocycles. The predicted molar refractivity (Wildman–Crippen MR) is 140 cm³/mol. The van der Waals surface area contributed by atoms with E-state index in [9.17, 15) is 13.2 Å². The monoisotopic (exact) mass is 525 g/mol. The molecule has 1 unspecified atom stereocenters. The number of hydrogen-bond acceptors (Lipinski definition) is 7. The smallest absolute Gasteiger partial charge is 0.277 e. The van der Waals surface area contributed by atoms with Crippen LogP contribution in [0.25, 0.3) is 22.4 Å². The number of rotatable bonds is 11. The molecule has 0 spiro atoms. The van der Waals surface area contributed by atoms with Crippen LogP contribution in [0.15, 0.2) is 27.9 Å². The summed E-state index contributed by atoms with van der Waals surface area (Å²) in [5.41, 5.74) is -0.210. The van der Waals surface area contributed by atoms with Crippen molar-refractivity contribution in [2.45, 2.75) is 63.2 Å². The van der Waals surface area contributed by atoms with Gasteiger partial charge in [0.25, 0.3) is 5.56 Å². The molecule has 0 bridgehead atoms. The zero-order valence-corrected chi connectivity index (χ0v) is 21.2. The largest absolute Gasteiger partial charge is 0.493 e. The minimum atomic E-state index is -4.80. The Morgan fingerprint density at radius 1 is 1.36 bits per heavy atom. The summed E-state index contributed by atoms with van der Waals surface area (Å²) in [7, 11) is -3.29. The van der Waals surface area contributed by atoms with Crippen molar-refractivity contribution < 1.29 is 25.5 Å². The lowest BCUT2D eigenvalue weighted by atomic mass is 10.1. The summed E-state index contributed by atoms with van der Waals surface area (Å²) in [6, 6.07) is 2.11. The highest BCUT2D eigenvalue weighted by Gasteiger charge is 2.23. The first-order chi connectivity index (χ1) is 20.6. The van der Waals surface area contributed by atoms with E-state index in [0.29, 0.717) is 12.8 Å². The molecule has 1 fully saturated rings. The number of aromatic amines is 1. The lowest BCUT2D eigenvalue weighted by molar-refractivity contribution is 0.297. The molecule has 2 aromatic heterocycles. The van der Waals surface area contributed by atoms with E-state index in [2.05, 4.69) is 15.1 Å². The fourth-order valence-corrected chi connectivity index (χ4v) is 4.85. The molecule has 11 heteroatoms. The van der Waals surface area contributed by atoms with Gasteiger partial charge in [-0.1, -0.05) is 20.2 Å². The number of hydrogen-bond donors (Lipinski definition) is 2. The van der Waals surface area contributed by atoms with Crippen LogP contribution in [0.3, 0.4) is 0 Å². The van der Waals surface area contributed by atoms with Crippen LogP contribution >= 0.6 is 0 Å². The molecular weight excluding hydrogens is 480 g/mol. The number of H-pyrrole nitrogens is 1. The number of fused-ring (bicyclic) bond motifs is 1. The predicted octanol–water partition coefficient (Wildman–Crippen LogP) is 2.83. The maximum atomic E-state index is 13.6. The van der Waals surface area contributed by atoms with Crippen LogP contribution in [0.2, 0.25) is 0 Å². The lowest BCUT2D eigenvalue weighted by Crippen LogP contribution is -2.31. The first-order valence-electron chi connectivity index (χ1n) is 16.1. The van der Waals surface area contributed by atoms with Gasteiger partial charge in [-0.3, -0.25) is 9.48 Å². The second-order valence-corrected chi connectivity index (χ2v) is 10.1. The first-order valence-corrected chi connectivity index (χ1v) is 13.1. The van der Waals surface area contributed by atoms with Crippen molar-refractivity contribution >= 4 is 21.1 Å². The summed E-state index contributed by atoms with van der Waals surface area (Å²) < 4.78 is 109. The molecule has 1 aliphatic rings. The molecule has 0 radical (unpaired) electrons. The Hall–Kier alpha value is -2.76. The van der Waals surface area contributed by atoms with Crippen LogP contribution < -0.4 is 15.0 Å². The maximum Gasteiger partial charge on any atom is 0.277 e. The Labute approximate surface area is 224 Å². The van der Waals surface area contributed by atoms with Crippen LogP contribution in [-0.2, 0) is 23.5 Å². The van der Waals surface area contributed by atoms with Gasteiger partial charge in [-0.25, -0.2) is 18.1 Å². The fourth-order valence-electron chi connectivity index (χ4n) is 4.02. The van der Waals surface area contributed by atoms with Crippen molar-refractivity contribution in [2.24, 2.45) is 7.05 Å². The number of ether oxygens (including phenoxy) is 1. The van der Waals surface area contributed by atoms with Gasteiger partial charge < -0.3 is 14.6 Å². The zero-order valence-electron chi connectivity index (χ0n) is 29.4. The molecular formula is C25H36N6O4S. The van der Waals surface area contributed by atoms with E-state index < -0.39 is 52.7 Å². The van der Waals surface area contributed by atoms with Crippen molar-refractivity contribution in [3.63, 3.8) is 0 Å². The van der Waals surface area contributed by atoms with E-state index in [1.807, 2.05) is 6.92 Å². The molecule has 0 saturated carbocycles. The van der Waals surface area contributed by atoms with Crippen molar-refractivity contribution in [1.29, 1.82) is 0 Å². The minimum absolute atomic E-state index is 0.00308. The van der Waals surface area contributed by atoms with E-state index in [4.69, 9.17) is 17.1 Å². The van der Waals surface area contributed by atoms with Crippen LogP contribution in [-0.4, -0.2) is 65.7 Å². The lowest BCUT2D eigenvalue weighted by Gasteiger charge is -2.19. The molecule has 0 aliphatic carbocycles. The van der Waals surface area contributed by atoms with Gasteiger partial charge in [0.15, 0.2) is 5.52 Å². The average Bonchev–Trinajstić information content (AvgIpc) is 3.52. The second-order valence-electron chi connectivity index (χ2n) is 8.45. The highest BCUT2D eigenvalue weighted by molar-refractivity contribution is 7.89. The number of nitrogens with one attached hydrogen (secondary N) is 2. The summed E-state index contributed by atoms with van der Waals surface area (Å²) in [5, 5.41) is 4.26. The van der Waals surface area contributed by atoms with Gasteiger partial charge >= 0.3 is 0 Å². The number of nitrogens with zero attached hydrogens (tertiary/aromatic N) is 4. The Bertz CT molecular complexity index is 1740. The molecule has 10 nitrogen and oxygen atoms in total. The van der Waals surface area contributed by atoms with Crippen molar-refractivity contribution in [3.8, 4) is 17.1 Å². The standard InChI is InChI=1S/C25H36N6O4S/c1-5-8-20-22-23(31(4)29-20)25(32)28-24(27-22)19-16-18(10-11-21(19)35-15-6-2)36(33,34)26-13-12-17-9-7-14-30(17)3/h10-11,16-17,26H,5-9,12-15H2,1-4H3,(H,27,28,32)/i3D3,5D2,12D2,13D2. The molecule has 1 atom stereocenters. The van der Waals surface area contributed by atoms with Gasteiger partial charge in [-0.05, 0) is 63.8 Å². The quantitative estimate of drug-likeness (QED) is 0.395. The molecule has 1 aromatic carbocycles. The average molecular weight is 526 g/mol. The van der Waals surface area contributed by atoms with Gasteiger partial charge in [0.05, 0.1) is 22.8 Å². The highest BCUT2D eigenvalue weighted by atomic mass is 32.2. The SMILES string of the molecule is [2H]C([2H])(C)Cc1nn(C)c2c(=O)[nH]c(-c3cc(S(=O)(=O)NC([2H])([2H])C([2H])([2H])C4CCCN4C([2H])([2H])[2H])ccc3OCCC)nc12. The molecule has 2 N–H and O–H groups in total. The normalized spacial score (nSPS) is 22.0. The van der Waals surface area contributed by atoms with Crippen LogP contribution in [0.1, 0.15) is 63.9 Å². The van der Waals surface area contributed by atoms with Crippen LogP contribution in [0.4, 0.5) is 0 Å². The summed E-state index contributed by atoms with van der Waals surface area (Å²) in [5.74, 6) is 0.0337. The van der Waals surface area contributed by atoms with Gasteiger partial charge in [0.2, 0.25) is 10.0 Å². The highest BCUT2D eigenvalue weighted by Crippen LogP contribution is 2.31. The molecule has 3 aromatic rings. The third-order valence-corrected chi connectivity index (χ3v) is 7.01. The van der Waals surface area contributed by atoms with Crippen molar-refractivity contribution in [1.82, 2.24) is 29.4 Å². The Morgan fingerprint density at radius 2 is 2.19 bits per heavy atom. The molecule has 4 rings (SSSR count). The van der Waals surface area contributed by atoms with Crippen molar-refractivity contribution in [3.05, 3.63) is 34.2 Å². The van der Waals surface area contributed by atoms with Gasteiger partial charge in [-0.15, -0.1) is 0 Å². The summed E-state index contributed by atoms with van der Waals surface area (Å²) in [6.45, 7) is -2.51. The minimum Gasteiger partial charge on any atom is -0.493 e. The van der Waals surface area contributed by atoms with E-state index in [0.717, 1.165) is 17.0 Å². The Balaban J connectivity index is 1.79.